The molecule has 5 heteroatoms. The van der Waals surface area contributed by atoms with Crippen molar-refractivity contribution in [3.63, 3.8) is 0 Å². The molecule has 1 heterocycles. The molecule has 3 N–H and O–H groups in total. The molecule has 1 aromatic carbocycles. The van der Waals surface area contributed by atoms with Gasteiger partial charge in [-0.3, -0.25) is 9.78 Å². The summed E-state index contributed by atoms with van der Waals surface area (Å²) >= 11 is 5.84. The van der Waals surface area contributed by atoms with Gasteiger partial charge in [0, 0.05) is 5.56 Å². The monoisotopic (exact) mass is 221 g/mol. The summed E-state index contributed by atoms with van der Waals surface area (Å²) in [4.78, 5) is 17.6. The molecule has 0 unspecified atom stereocenters. The lowest BCUT2D eigenvalue weighted by Gasteiger charge is -2.03. The van der Waals surface area contributed by atoms with Crippen LogP contribution in [0.15, 0.2) is 35.1 Å². The lowest BCUT2D eigenvalue weighted by Crippen LogP contribution is -2.12. The Hall–Kier alpha value is -1.81. The maximum absolute atomic E-state index is 11.3. The van der Waals surface area contributed by atoms with Gasteiger partial charge in [0.05, 0.1) is 5.69 Å². The normalized spacial score (nSPS) is 10.2. The highest BCUT2D eigenvalue weighted by Crippen LogP contribution is 2.22. The molecular weight excluding hydrogens is 214 g/mol. The third kappa shape index (κ3) is 1.85. The van der Waals surface area contributed by atoms with Crippen molar-refractivity contribution >= 4 is 17.5 Å². The lowest BCUT2D eigenvalue weighted by atomic mass is 10.1. The van der Waals surface area contributed by atoms with E-state index in [0.29, 0.717) is 5.69 Å². The fourth-order valence-corrected chi connectivity index (χ4v) is 1.46. The average Bonchev–Trinajstić information content (AvgIpc) is 2.24. The van der Waals surface area contributed by atoms with Gasteiger partial charge < -0.3 is 5.73 Å². The number of rotatable bonds is 1. The van der Waals surface area contributed by atoms with Crippen molar-refractivity contribution in [1.82, 2.24) is 9.97 Å². The van der Waals surface area contributed by atoms with Crippen molar-refractivity contribution in [3.05, 3.63) is 45.7 Å². The van der Waals surface area contributed by atoms with Crippen molar-refractivity contribution in [2.45, 2.75) is 0 Å². The number of aromatic amines is 1. The molecule has 0 aliphatic carbocycles. The smallest absolute Gasteiger partial charge is 0.271 e. The molecule has 4 nitrogen and oxygen atoms in total. The van der Waals surface area contributed by atoms with E-state index in [2.05, 4.69) is 9.97 Å². The predicted molar refractivity (Wildman–Crippen MR) is 59.7 cm³/mol. The number of anilines is 1. The fourth-order valence-electron chi connectivity index (χ4n) is 1.26. The number of hydrogen-bond donors (Lipinski definition) is 2. The van der Waals surface area contributed by atoms with Gasteiger partial charge >= 0.3 is 0 Å². The highest BCUT2D eigenvalue weighted by Gasteiger charge is 2.09. The number of nitrogens with zero attached hydrogens (tertiary/aromatic N) is 1. The molecule has 0 bridgehead atoms. The van der Waals surface area contributed by atoms with Crippen LogP contribution >= 0.6 is 11.6 Å². The van der Waals surface area contributed by atoms with Gasteiger partial charge in [-0.15, -0.1) is 0 Å². The summed E-state index contributed by atoms with van der Waals surface area (Å²) in [6.07, 6.45) is 0. The molecular formula is C10H8ClN3O. The number of aromatic nitrogens is 2. The summed E-state index contributed by atoms with van der Waals surface area (Å²) in [5.74, 6) is 0.0586. The molecule has 0 radical (unpaired) electrons. The summed E-state index contributed by atoms with van der Waals surface area (Å²) in [5.41, 5.74) is 6.18. The van der Waals surface area contributed by atoms with Gasteiger partial charge in [0.1, 0.15) is 5.02 Å². The van der Waals surface area contributed by atoms with Gasteiger partial charge in [-0.1, -0.05) is 41.9 Å². The molecule has 76 valence electrons. The van der Waals surface area contributed by atoms with Crippen molar-refractivity contribution in [2.24, 2.45) is 0 Å². The summed E-state index contributed by atoms with van der Waals surface area (Å²) in [6, 6.07) is 9.17. The van der Waals surface area contributed by atoms with Gasteiger partial charge in [0.25, 0.3) is 5.56 Å². The van der Waals surface area contributed by atoms with Gasteiger partial charge in [-0.2, -0.15) is 0 Å². The van der Waals surface area contributed by atoms with E-state index in [1.165, 1.54) is 0 Å². The number of nitrogens with one attached hydrogen (secondary N) is 1. The van der Waals surface area contributed by atoms with E-state index in [4.69, 9.17) is 17.3 Å². The summed E-state index contributed by atoms with van der Waals surface area (Å²) in [5, 5.41) is 0.0513. The number of nitrogens with two attached hydrogens (primary N) is 1. The molecule has 0 aliphatic rings. The Morgan fingerprint density at radius 2 is 1.93 bits per heavy atom. The second kappa shape index (κ2) is 3.74. The van der Waals surface area contributed by atoms with Crippen LogP contribution in [0.2, 0.25) is 5.02 Å². The van der Waals surface area contributed by atoms with Crippen LogP contribution in [0.1, 0.15) is 0 Å². The van der Waals surface area contributed by atoms with Crippen molar-refractivity contribution < 1.29 is 0 Å². The number of hydrogen-bond acceptors (Lipinski definition) is 3. The largest absolute Gasteiger partial charge is 0.369 e. The molecule has 0 atom stereocenters. The van der Waals surface area contributed by atoms with Crippen LogP contribution in [-0.4, -0.2) is 9.97 Å². The third-order valence-electron chi connectivity index (χ3n) is 1.93. The molecule has 0 spiro atoms. The minimum absolute atomic E-state index is 0.0513. The van der Waals surface area contributed by atoms with E-state index >= 15 is 0 Å². The first kappa shape index (κ1) is 9.73. The molecule has 0 fully saturated rings. The predicted octanol–water partition coefficient (Wildman–Crippen LogP) is 1.67. The second-order valence-corrected chi connectivity index (χ2v) is 3.36. The first-order valence-corrected chi connectivity index (χ1v) is 4.67. The second-order valence-electron chi connectivity index (χ2n) is 2.98. The summed E-state index contributed by atoms with van der Waals surface area (Å²) in [6.45, 7) is 0. The quantitative estimate of drug-likeness (QED) is 0.770. The Labute approximate surface area is 90.7 Å². The fraction of sp³-hybridized carbons (Fsp3) is 0. The zero-order valence-electron chi connectivity index (χ0n) is 7.70. The summed E-state index contributed by atoms with van der Waals surface area (Å²) in [7, 11) is 0. The molecule has 0 saturated carbocycles. The molecule has 2 rings (SSSR count). The topological polar surface area (TPSA) is 71.8 Å². The average molecular weight is 222 g/mol. The van der Waals surface area contributed by atoms with Crippen molar-refractivity contribution in [3.8, 4) is 11.3 Å². The van der Waals surface area contributed by atoms with Gasteiger partial charge in [-0.25, -0.2) is 4.98 Å². The minimum atomic E-state index is -0.428. The Balaban J connectivity index is 2.68. The maximum atomic E-state index is 11.3. The first-order valence-electron chi connectivity index (χ1n) is 4.29. The van der Waals surface area contributed by atoms with Crippen molar-refractivity contribution in [1.29, 1.82) is 0 Å². The maximum Gasteiger partial charge on any atom is 0.271 e. The van der Waals surface area contributed by atoms with Crippen LogP contribution in [-0.2, 0) is 0 Å². The van der Waals surface area contributed by atoms with E-state index in [9.17, 15) is 4.79 Å². The van der Waals surface area contributed by atoms with Crippen LogP contribution < -0.4 is 11.3 Å². The number of H-pyrrole nitrogens is 1. The van der Waals surface area contributed by atoms with E-state index < -0.39 is 5.56 Å². The van der Waals surface area contributed by atoms with Gasteiger partial charge in [0.15, 0.2) is 0 Å². The Morgan fingerprint density at radius 3 is 2.60 bits per heavy atom. The third-order valence-corrected chi connectivity index (χ3v) is 2.28. The highest BCUT2D eigenvalue weighted by molar-refractivity contribution is 6.32. The lowest BCUT2D eigenvalue weighted by molar-refractivity contribution is 1.14. The molecule has 0 aliphatic heterocycles. The van der Waals surface area contributed by atoms with Crippen LogP contribution in [0, 0.1) is 0 Å². The summed E-state index contributed by atoms with van der Waals surface area (Å²) < 4.78 is 0. The first-order chi connectivity index (χ1) is 7.18. The van der Waals surface area contributed by atoms with Crippen LogP contribution in [0.5, 0.6) is 0 Å². The standard InChI is InChI=1S/C10H8ClN3O/c11-7-8(6-4-2-1-3-5-6)13-10(12)14-9(7)15/h1-5H,(H3,12,13,14,15). The van der Waals surface area contributed by atoms with Crippen LogP contribution in [0.3, 0.4) is 0 Å². The SMILES string of the molecule is Nc1nc(-c2ccccc2)c(Cl)c(=O)[nH]1. The molecule has 2 aromatic rings. The highest BCUT2D eigenvalue weighted by atomic mass is 35.5. The number of benzene rings is 1. The zero-order chi connectivity index (χ0) is 10.8. The number of halogens is 1. The molecule has 0 amide bonds. The molecule has 15 heavy (non-hydrogen) atoms. The van der Waals surface area contributed by atoms with Crippen LogP contribution in [0.4, 0.5) is 5.95 Å². The van der Waals surface area contributed by atoms with Gasteiger partial charge in [0.2, 0.25) is 5.95 Å². The van der Waals surface area contributed by atoms with E-state index in [1.54, 1.807) is 0 Å². The van der Waals surface area contributed by atoms with Crippen LogP contribution in [0.25, 0.3) is 11.3 Å². The van der Waals surface area contributed by atoms with Crippen molar-refractivity contribution in [2.75, 3.05) is 5.73 Å². The molecule has 1 aromatic heterocycles. The molecule has 0 saturated heterocycles. The minimum Gasteiger partial charge on any atom is -0.369 e. The van der Waals surface area contributed by atoms with Gasteiger partial charge in [-0.05, 0) is 0 Å². The zero-order valence-corrected chi connectivity index (χ0v) is 8.45. The number of nitrogen functional groups attached to an aromatic ring is 1. The Kier molecular flexibility index (Phi) is 2.43. The Bertz CT molecular complexity index is 536. The van der Waals surface area contributed by atoms with E-state index in [-0.39, 0.29) is 11.0 Å². The Morgan fingerprint density at radius 1 is 1.27 bits per heavy atom. The van der Waals surface area contributed by atoms with E-state index in [0.717, 1.165) is 5.56 Å². The van der Waals surface area contributed by atoms with E-state index in [1.807, 2.05) is 30.3 Å².